The van der Waals surface area contributed by atoms with Crippen LogP contribution in [-0.4, -0.2) is 49.5 Å². The van der Waals surface area contributed by atoms with Gasteiger partial charge in [-0.3, -0.25) is 9.79 Å². The molecule has 2 aliphatic rings. The van der Waals surface area contributed by atoms with Crippen LogP contribution >= 0.6 is 0 Å². The number of rotatable bonds is 6. The van der Waals surface area contributed by atoms with Crippen LogP contribution in [0.4, 0.5) is 0 Å². The molecule has 0 aromatic carbocycles. The number of ether oxygens (including phenoxy) is 2. The Morgan fingerprint density at radius 1 is 1.29 bits per heavy atom. The number of nitrogens with one attached hydrogen (secondary N) is 1. The van der Waals surface area contributed by atoms with Crippen LogP contribution in [0.15, 0.2) is 4.99 Å². The lowest BCUT2D eigenvalue weighted by atomic mass is 10.1. The molecule has 6 heteroatoms. The molecule has 118 valence electrons. The molecule has 0 radical (unpaired) electrons. The zero-order chi connectivity index (χ0) is 15.2. The van der Waals surface area contributed by atoms with Gasteiger partial charge in [0.1, 0.15) is 12.1 Å². The average molecular weight is 296 g/mol. The van der Waals surface area contributed by atoms with Crippen molar-refractivity contribution in [3.05, 3.63) is 0 Å². The van der Waals surface area contributed by atoms with E-state index in [-0.39, 0.29) is 24.0 Å². The fraction of sp³-hybridized carbons (Fsp3) is 0.800. The van der Waals surface area contributed by atoms with Gasteiger partial charge in [0, 0.05) is 11.8 Å². The minimum Gasteiger partial charge on any atom is -0.468 e. The van der Waals surface area contributed by atoms with Crippen LogP contribution in [0.5, 0.6) is 0 Å². The van der Waals surface area contributed by atoms with Gasteiger partial charge in [-0.25, -0.2) is 4.79 Å². The maximum atomic E-state index is 11.8. The summed E-state index contributed by atoms with van der Waals surface area (Å²) in [4.78, 5) is 27.4. The van der Waals surface area contributed by atoms with Crippen molar-refractivity contribution in [1.29, 1.82) is 0 Å². The fourth-order valence-corrected chi connectivity index (χ4v) is 2.88. The monoisotopic (exact) mass is 296 g/mol. The summed E-state index contributed by atoms with van der Waals surface area (Å²) in [6.07, 6.45) is 5.13. The van der Waals surface area contributed by atoms with Crippen LogP contribution in [0.1, 0.15) is 45.4 Å². The van der Waals surface area contributed by atoms with Gasteiger partial charge in [0.25, 0.3) is 0 Å². The van der Waals surface area contributed by atoms with Gasteiger partial charge in [-0.2, -0.15) is 0 Å². The van der Waals surface area contributed by atoms with Crippen molar-refractivity contribution >= 4 is 17.7 Å². The van der Waals surface area contributed by atoms with E-state index in [1.165, 1.54) is 7.11 Å². The Balaban J connectivity index is 1.58. The summed E-state index contributed by atoms with van der Waals surface area (Å²) in [5.74, 6) is -0.405. The van der Waals surface area contributed by atoms with Gasteiger partial charge in [-0.05, 0) is 45.4 Å². The highest BCUT2D eigenvalue weighted by Crippen LogP contribution is 2.18. The Morgan fingerprint density at radius 2 is 2.10 bits per heavy atom. The Hall–Kier alpha value is -1.43. The standard InChI is InChI=1S/C15H24N2O4/c1-10-5-7-13(16-10)15(19)21-9-3-4-11-6-8-12(17-11)14(18)20-2/h11-13,17H,3-9H2,1-2H3/t11-,12-,13-/m0/s1. The third-order valence-corrected chi connectivity index (χ3v) is 4.10. The second-order valence-electron chi connectivity index (χ2n) is 5.75. The van der Waals surface area contributed by atoms with Crippen molar-refractivity contribution in [2.24, 2.45) is 4.99 Å². The molecule has 1 fully saturated rings. The van der Waals surface area contributed by atoms with E-state index in [9.17, 15) is 9.59 Å². The van der Waals surface area contributed by atoms with Gasteiger partial charge in [0.05, 0.1) is 13.7 Å². The number of aliphatic imine (C=N–C) groups is 1. The third kappa shape index (κ3) is 4.52. The van der Waals surface area contributed by atoms with Crippen molar-refractivity contribution in [2.45, 2.75) is 63.6 Å². The van der Waals surface area contributed by atoms with Crippen LogP contribution in [0.25, 0.3) is 0 Å². The number of hydrogen-bond donors (Lipinski definition) is 1. The number of hydrogen-bond acceptors (Lipinski definition) is 6. The predicted molar refractivity (Wildman–Crippen MR) is 78.3 cm³/mol. The molecule has 1 saturated heterocycles. The molecule has 0 aliphatic carbocycles. The SMILES string of the molecule is COC(=O)[C@@H]1CC[C@H](CCCOC(=O)[C@@H]2CCC(C)=N2)N1. The summed E-state index contributed by atoms with van der Waals surface area (Å²) in [6.45, 7) is 2.36. The molecule has 21 heavy (non-hydrogen) atoms. The summed E-state index contributed by atoms with van der Waals surface area (Å²) < 4.78 is 9.99. The van der Waals surface area contributed by atoms with Crippen LogP contribution in [-0.2, 0) is 19.1 Å². The lowest BCUT2D eigenvalue weighted by Gasteiger charge is -2.13. The van der Waals surface area contributed by atoms with E-state index < -0.39 is 0 Å². The highest BCUT2D eigenvalue weighted by atomic mass is 16.5. The first-order chi connectivity index (χ1) is 10.1. The lowest BCUT2D eigenvalue weighted by molar-refractivity contribution is -0.145. The molecule has 6 nitrogen and oxygen atoms in total. The first-order valence-electron chi connectivity index (χ1n) is 7.64. The summed E-state index contributed by atoms with van der Waals surface area (Å²) in [7, 11) is 1.41. The largest absolute Gasteiger partial charge is 0.468 e. The Labute approximate surface area is 125 Å². The van der Waals surface area contributed by atoms with Gasteiger partial charge in [-0.1, -0.05) is 0 Å². The molecule has 0 aromatic heterocycles. The van der Waals surface area contributed by atoms with E-state index in [4.69, 9.17) is 9.47 Å². The Morgan fingerprint density at radius 3 is 2.76 bits per heavy atom. The van der Waals surface area contributed by atoms with Crippen LogP contribution in [0.2, 0.25) is 0 Å². The maximum Gasteiger partial charge on any atom is 0.330 e. The average Bonchev–Trinajstić information content (AvgIpc) is 3.11. The summed E-state index contributed by atoms with van der Waals surface area (Å²) in [5.41, 5.74) is 1.03. The molecule has 0 unspecified atom stereocenters. The quantitative estimate of drug-likeness (QED) is 0.589. The van der Waals surface area contributed by atoms with Crippen molar-refractivity contribution in [1.82, 2.24) is 5.32 Å². The van der Waals surface area contributed by atoms with Gasteiger partial charge in [-0.15, -0.1) is 0 Å². The first kappa shape index (κ1) is 15.9. The molecule has 0 spiro atoms. The maximum absolute atomic E-state index is 11.8. The van der Waals surface area contributed by atoms with Crippen molar-refractivity contribution in [2.75, 3.05) is 13.7 Å². The zero-order valence-electron chi connectivity index (χ0n) is 12.8. The van der Waals surface area contributed by atoms with E-state index >= 15 is 0 Å². The van der Waals surface area contributed by atoms with Gasteiger partial charge >= 0.3 is 11.9 Å². The molecule has 2 aliphatic heterocycles. The smallest absolute Gasteiger partial charge is 0.330 e. The Bertz CT molecular complexity index is 422. The van der Waals surface area contributed by atoms with Crippen LogP contribution in [0.3, 0.4) is 0 Å². The van der Waals surface area contributed by atoms with E-state index in [0.717, 1.165) is 44.2 Å². The molecule has 0 aromatic rings. The van der Waals surface area contributed by atoms with E-state index in [0.29, 0.717) is 12.6 Å². The van der Waals surface area contributed by atoms with E-state index in [1.54, 1.807) is 0 Å². The molecule has 0 amide bonds. The number of carbonyl (C=O) groups excluding carboxylic acids is 2. The molecule has 2 heterocycles. The predicted octanol–water partition coefficient (Wildman–Crippen LogP) is 1.23. The molecular formula is C15H24N2O4. The first-order valence-corrected chi connectivity index (χ1v) is 7.64. The molecular weight excluding hydrogens is 272 g/mol. The van der Waals surface area contributed by atoms with Gasteiger partial charge < -0.3 is 14.8 Å². The number of carbonyl (C=O) groups is 2. The number of methoxy groups -OCH3 is 1. The third-order valence-electron chi connectivity index (χ3n) is 4.10. The summed E-state index contributed by atoms with van der Waals surface area (Å²) in [6, 6.07) is -0.170. The van der Waals surface area contributed by atoms with Crippen LogP contribution < -0.4 is 5.32 Å². The molecule has 2 rings (SSSR count). The second kappa shape index (κ2) is 7.54. The number of nitrogens with zero attached hydrogens (tertiary/aromatic N) is 1. The van der Waals surface area contributed by atoms with Gasteiger partial charge in [0.15, 0.2) is 0 Å². The van der Waals surface area contributed by atoms with Gasteiger partial charge in [0.2, 0.25) is 0 Å². The van der Waals surface area contributed by atoms with E-state index in [2.05, 4.69) is 10.3 Å². The van der Waals surface area contributed by atoms with Crippen molar-refractivity contribution in [3.63, 3.8) is 0 Å². The molecule has 0 bridgehead atoms. The van der Waals surface area contributed by atoms with E-state index in [1.807, 2.05) is 6.92 Å². The van der Waals surface area contributed by atoms with Crippen molar-refractivity contribution < 1.29 is 19.1 Å². The van der Waals surface area contributed by atoms with Crippen LogP contribution in [0, 0.1) is 0 Å². The fourth-order valence-electron chi connectivity index (χ4n) is 2.88. The minimum atomic E-state index is -0.293. The molecule has 0 saturated carbocycles. The summed E-state index contributed by atoms with van der Waals surface area (Å²) >= 11 is 0. The highest BCUT2D eigenvalue weighted by molar-refractivity contribution is 5.89. The zero-order valence-corrected chi connectivity index (χ0v) is 12.8. The van der Waals surface area contributed by atoms with Crippen molar-refractivity contribution in [3.8, 4) is 0 Å². The second-order valence-corrected chi connectivity index (χ2v) is 5.75. The Kier molecular flexibility index (Phi) is 5.73. The molecule has 1 N–H and O–H groups in total. The minimum absolute atomic E-state index is 0.182. The lowest BCUT2D eigenvalue weighted by Crippen LogP contribution is -2.36. The number of esters is 2. The topological polar surface area (TPSA) is 77.0 Å². The normalized spacial score (nSPS) is 28.3. The molecule has 3 atom stereocenters. The highest BCUT2D eigenvalue weighted by Gasteiger charge is 2.29. The summed E-state index contributed by atoms with van der Waals surface area (Å²) in [5, 5.41) is 3.25.